The summed E-state index contributed by atoms with van der Waals surface area (Å²) in [5, 5.41) is 0. The van der Waals surface area contributed by atoms with Crippen LogP contribution in [-0.4, -0.2) is 15.0 Å². The molecule has 3 N–H and O–H groups in total. The maximum atomic E-state index is 6.12. The number of fused-ring (bicyclic) bond motifs is 1. The zero-order chi connectivity index (χ0) is 13.5. The molecule has 2 heterocycles. The lowest BCUT2D eigenvalue weighted by atomic mass is 9.95. The van der Waals surface area contributed by atoms with Crippen LogP contribution in [0.3, 0.4) is 0 Å². The largest absolute Gasteiger partial charge is 0.338 e. The fraction of sp³-hybridized carbons (Fsp3) is 0.200. The van der Waals surface area contributed by atoms with Gasteiger partial charge in [0.05, 0.1) is 11.0 Å². The van der Waals surface area contributed by atoms with Crippen molar-refractivity contribution in [3.05, 3.63) is 48.3 Å². The van der Waals surface area contributed by atoms with Gasteiger partial charge >= 0.3 is 0 Å². The molecule has 0 saturated heterocycles. The number of nitrogens with two attached hydrogens (primary N) is 1. The van der Waals surface area contributed by atoms with E-state index >= 15 is 0 Å². The minimum Gasteiger partial charge on any atom is -0.338 e. The first-order chi connectivity index (χ1) is 9.04. The van der Waals surface area contributed by atoms with Crippen molar-refractivity contribution in [2.75, 3.05) is 0 Å². The minimum atomic E-state index is -0.351. The highest BCUT2D eigenvalue weighted by Crippen LogP contribution is 2.24. The van der Waals surface area contributed by atoms with Gasteiger partial charge < -0.3 is 10.7 Å². The summed E-state index contributed by atoms with van der Waals surface area (Å²) in [7, 11) is 0. The molecule has 0 saturated carbocycles. The number of aromatic nitrogens is 3. The number of nitrogens with zero attached hydrogens (tertiary/aromatic N) is 2. The predicted molar refractivity (Wildman–Crippen MR) is 76.5 cm³/mol. The maximum absolute atomic E-state index is 6.12. The van der Waals surface area contributed by atoms with E-state index in [1.807, 2.05) is 38.1 Å². The van der Waals surface area contributed by atoms with Crippen molar-refractivity contribution in [2.45, 2.75) is 19.4 Å². The zero-order valence-electron chi connectivity index (χ0n) is 11.0. The van der Waals surface area contributed by atoms with Crippen molar-refractivity contribution in [1.82, 2.24) is 15.0 Å². The number of nitrogens with one attached hydrogen (secondary N) is 1. The molecule has 4 nitrogen and oxygen atoms in total. The fourth-order valence-corrected chi connectivity index (χ4v) is 2.06. The summed E-state index contributed by atoms with van der Waals surface area (Å²) in [6.07, 6.45) is 3.52. The van der Waals surface area contributed by atoms with E-state index in [-0.39, 0.29) is 5.54 Å². The van der Waals surface area contributed by atoms with E-state index in [0.29, 0.717) is 0 Å². The number of imidazole rings is 1. The van der Waals surface area contributed by atoms with Gasteiger partial charge in [0.2, 0.25) is 0 Å². The van der Waals surface area contributed by atoms with Crippen LogP contribution in [0.4, 0.5) is 0 Å². The lowest BCUT2D eigenvalue weighted by Gasteiger charge is -2.18. The van der Waals surface area contributed by atoms with Crippen LogP contribution < -0.4 is 5.73 Å². The molecular weight excluding hydrogens is 236 g/mol. The molecule has 4 heteroatoms. The van der Waals surface area contributed by atoms with Crippen LogP contribution in [0, 0.1) is 0 Å². The smallest absolute Gasteiger partial charge is 0.138 e. The second-order valence-corrected chi connectivity index (χ2v) is 5.27. The van der Waals surface area contributed by atoms with Gasteiger partial charge in [0, 0.05) is 23.5 Å². The van der Waals surface area contributed by atoms with Crippen molar-refractivity contribution >= 4 is 11.0 Å². The molecule has 0 aliphatic rings. The summed E-state index contributed by atoms with van der Waals surface area (Å²) >= 11 is 0. The number of pyridine rings is 1. The number of benzene rings is 1. The highest BCUT2D eigenvalue weighted by molar-refractivity contribution is 5.80. The Morgan fingerprint density at radius 1 is 1.11 bits per heavy atom. The van der Waals surface area contributed by atoms with Crippen LogP contribution in [0.5, 0.6) is 0 Å². The topological polar surface area (TPSA) is 67.6 Å². The molecule has 0 aliphatic carbocycles. The molecule has 0 radical (unpaired) electrons. The van der Waals surface area contributed by atoms with Gasteiger partial charge in [-0.15, -0.1) is 0 Å². The van der Waals surface area contributed by atoms with Crippen LogP contribution >= 0.6 is 0 Å². The molecule has 19 heavy (non-hydrogen) atoms. The van der Waals surface area contributed by atoms with E-state index in [2.05, 4.69) is 21.0 Å². The van der Waals surface area contributed by atoms with Gasteiger partial charge in [-0.3, -0.25) is 4.98 Å². The van der Waals surface area contributed by atoms with Crippen molar-refractivity contribution in [3.8, 4) is 11.4 Å². The Kier molecular flexibility index (Phi) is 2.61. The van der Waals surface area contributed by atoms with Gasteiger partial charge in [-0.2, -0.15) is 0 Å². The Morgan fingerprint density at radius 2 is 1.84 bits per heavy atom. The summed E-state index contributed by atoms with van der Waals surface area (Å²) in [5.41, 5.74) is 9.83. The standard InChI is InChI=1S/C15H16N4/c1-15(2,16)11-3-4-12-13(9-11)19-14(18-12)10-5-7-17-8-6-10/h3-9H,16H2,1-2H3,(H,18,19). The molecule has 96 valence electrons. The minimum absolute atomic E-state index is 0.351. The first-order valence-corrected chi connectivity index (χ1v) is 6.23. The van der Waals surface area contributed by atoms with Crippen LogP contribution in [-0.2, 0) is 5.54 Å². The monoisotopic (exact) mass is 252 g/mol. The van der Waals surface area contributed by atoms with Gasteiger partial charge in [-0.1, -0.05) is 6.07 Å². The molecule has 0 bridgehead atoms. The SMILES string of the molecule is CC(C)(N)c1ccc2nc(-c3ccncc3)[nH]c2c1. The third-order valence-electron chi connectivity index (χ3n) is 3.18. The normalized spacial score (nSPS) is 11.9. The number of hydrogen-bond acceptors (Lipinski definition) is 3. The lowest BCUT2D eigenvalue weighted by Crippen LogP contribution is -2.28. The number of rotatable bonds is 2. The summed E-state index contributed by atoms with van der Waals surface area (Å²) in [6, 6.07) is 9.96. The van der Waals surface area contributed by atoms with E-state index in [0.717, 1.165) is 28.0 Å². The van der Waals surface area contributed by atoms with Crippen LogP contribution in [0.25, 0.3) is 22.4 Å². The molecular formula is C15H16N4. The first-order valence-electron chi connectivity index (χ1n) is 6.23. The van der Waals surface area contributed by atoms with Crippen LogP contribution in [0.1, 0.15) is 19.4 Å². The first kappa shape index (κ1) is 11.9. The van der Waals surface area contributed by atoms with Gasteiger partial charge in [0.15, 0.2) is 0 Å². The Hall–Kier alpha value is -2.20. The molecule has 1 aromatic carbocycles. The Labute approximate surface area is 111 Å². The second-order valence-electron chi connectivity index (χ2n) is 5.27. The quantitative estimate of drug-likeness (QED) is 0.737. The Morgan fingerprint density at radius 3 is 2.53 bits per heavy atom. The highest BCUT2D eigenvalue weighted by Gasteiger charge is 2.15. The molecule has 0 aliphatic heterocycles. The molecule has 0 atom stereocenters. The number of H-pyrrole nitrogens is 1. The molecule has 3 aromatic rings. The van der Waals surface area contributed by atoms with Crippen molar-refractivity contribution in [3.63, 3.8) is 0 Å². The fourth-order valence-electron chi connectivity index (χ4n) is 2.06. The summed E-state index contributed by atoms with van der Waals surface area (Å²) in [6.45, 7) is 3.99. The molecule has 3 rings (SSSR count). The summed E-state index contributed by atoms with van der Waals surface area (Å²) < 4.78 is 0. The molecule has 0 fully saturated rings. The lowest BCUT2D eigenvalue weighted by molar-refractivity contribution is 0.555. The van der Waals surface area contributed by atoms with E-state index < -0.39 is 0 Å². The molecule has 0 spiro atoms. The van der Waals surface area contributed by atoms with E-state index in [1.54, 1.807) is 12.4 Å². The van der Waals surface area contributed by atoms with Gasteiger partial charge in [0.25, 0.3) is 0 Å². The Bertz CT molecular complexity index is 708. The zero-order valence-corrected chi connectivity index (χ0v) is 11.0. The molecule has 0 amide bonds. The molecule has 0 unspecified atom stereocenters. The van der Waals surface area contributed by atoms with Gasteiger partial charge in [-0.25, -0.2) is 4.98 Å². The van der Waals surface area contributed by atoms with Crippen LogP contribution in [0.15, 0.2) is 42.7 Å². The Balaban J connectivity index is 2.12. The van der Waals surface area contributed by atoms with Gasteiger partial charge in [0.1, 0.15) is 5.82 Å². The van der Waals surface area contributed by atoms with E-state index in [9.17, 15) is 0 Å². The summed E-state index contributed by atoms with van der Waals surface area (Å²) in [4.78, 5) is 11.9. The molecule has 2 aromatic heterocycles. The van der Waals surface area contributed by atoms with E-state index in [1.165, 1.54) is 0 Å². The highest BCUT2D eigenvalue weighted by atomic mass is 14.9. The number of hydrogen-bond donors (Lipinski definition) is 2. The van der Waals surface area contributed by atoms with E-state index in [4.69, 9.17) is 5.73 Å². The number of aromatic amines is 1. The second kappa shape index (κ2) is 4.17. The average molecular weight is 252 g/mol. The third kappa shape index (κ3) is 2.22. The average Bonchev–Trinajstić information content (AvgIpc) is 2.81. The van der Waals surface area contributed by atoms with Crippen LogP contribution in [0.2, 0.25) is 0 Å². The van der Waals surface area contributed by atoms with Crippen molar-refractivity contribution in [1.29, 1.82) is 0 Å². The van der Waals surface area contributed by atoms with Crippen molar-refractivity contribution in [2.24, 2.45) is 5.73 Å². The maximum Gasteiger partial charge on any atom is 0.138 e. The van der Waals surface area contributed by atoms with Crippen molar-refractivity contribution < 1.29 is 0 Å². The third-order valence-corrected chi connectivity index (χ3v) is 3.18. The summed E-state index contributed by atoms with van der Waals surface area (Å²) in [5.74, 6) is 0.851. The predicted octanol–water partition coefficient (Wildman–Crippen LogP) is 2.82. The van der Waals surface area contributed by atoms with Gasteiger partial charge in [-0.05, 0) is 43.7 Å².